The molecule has 12 nitrogen and oxygen atoms in total. The summed E-state index contributed by atoms with van der Waals surface area (Å²) in [5.74, 6) is 5.76. The molecule has 57 heavy (non-hydrogen) atoms. The molecule has 12 rings (SSSR count). The fraction of sp³-hybridized carbons (Fsp3) is 0.795. The number of carbonyl (C=O) groups is 3. The SMILES string of the molecule is O=C(OCCCO)C1CC2CC1C1C3C=CC(O3)C21.O=C(OCCCO)C1CC2CC1C1C3C=CC(S3)C21.O=C(OCCCO)C1CC2OC1C1C3C=CC(O3)C21. The van der Waals surface area contributed by atoms with Gasteiger partial charge in [0.15, 0.2) is 0 Å². The first-order valence-electron chi connectivity index (χ1n) is 21.9. The van der Waals surface area contributed by atoms with Gasteiger partial charge in [-0.2, -0.15) is 0 Å². The highest BCUT2D eigenvalue weighted by atomic mass is 32.2. The van der Waals surface area contributed by atoms with Gasteiger partial charge in [-0.1, -0.05) is 36.5 Å². The first-order valence-corrected chi connectivity index (χ1v) is 22.8. The van der Waals surface area contributed by atoms with Gasteiger partial charge < -0.3 is 43.7 Å². The molecule has 5 saturated heterocycles. The van der Waals surface area contributed by atoms with Crippen molar-refractivity contribution in [2.45, 2.75) is 98.5 Å². The van der Waals surface area contributed by atoms with Crippen LogP contribution in [0, 0.1) is 76.9 Å². The van der Waals surface area contributed by atoms with Crippen LogP contribution in [0.15, 0.2) is 36.5 Å². The lowest BCUT2D eigenvalue weighted by Gasteiger charge is -2.34. The highest BCUT2D eigenvalue weighted by molar-refractivity contribution is 8.01. The van der Waals surface area contributed by atoms with Crippen LogP contribution in [0.25, 0.3) is 0 Å². The first-order chi connectivity index (χ1) is 27.9. The second kappa shape index (κ2) is 16.0. The Morgan fingerprint density at radius 2 is 0.982 bits per heavy atom. The van der Waals surface area contributed by atoms with Crippen LogP contribution >= 0.6 is 11.8 Å². The summed E-state index contributed by atoms with van der Waals surface area (Å²) < 4.78 is 33.6. The van der Waals surface area contributed by atoms with E-state index in [0.29, 0.717) is 91.9 Å². The van der Waals surface area contributed by atoms with E-state index < -0.39 is 0 Å². The molecule has 8 heterocycles. The molecule has 0 aromatic heterocycles. The molecule has 0 aromatic rings. The Hall–Kier alpha value is -2.26. The third-order valence-electron chi connectivity index (χ3n) is 16.0. The molecule has 8 aliphatic heterocycles. The van der Waals surface area contributed by atoms with E-state index in [2.05, 4.69) is 48.2 Å². The molecule has 4 aliphatic carbocycles. The number of fused-ring (bicyclic) bond motifs is 27. The highest BCUT2D eigenvalue weighted by Gasteiger charge is 2.66. The second-order valence-corrected chi connectivity index (χ2v) is 19.9. The standard InChI is InChI=1S/C15H20O4.C15H20O3S.C14H18O5/c2*16-4-1-5-18-15(17)10-7-8-6-9(10)14-12-3-2-11(19-12)13(8)14;15-4-1-5-17-14(16)7-6-10-11-8-2-3-9(18-8)12(11)13(7)19-10/h2*2-3,8-14,16H,1,4-7H2;2-3,7-13,15H,1,4-6H2. The largest absolute Gasteiger partial charge is 0.465 e. The zero-order valence-corrected chi connectivity index (χ0v) is 33.2. The first kappa shape index (κ1) is 38.9. The smallest absolute Gasteiger partial charge is 0.311 e. The van der Waals surface area contributed by atoms with Crippen molar-refractivity contribution in [2.24, 2.45) is 76.9 Å². The van der Waals surface area contributed by atoms with E-state index in [1.807, 2.05) is 0 Å². The molecule has 0 amide bonds. The van der Waals surface area contributed by atoms with E-state index in [0.717, 1.165) is 42.3 Å². The molecular formula is C44H58O12S. The summed E-state index contributed by atoms with van der Waals surface area (Å²) in [6, 6.07) is 0. The molecule has 21 atom stereocenters. The van der Waals surface area contributed by atoms with Gasteiger partial charge in [0.2, 0.25) is 0 Å². The molecular weight excluding hydrogens is 753 g/mol. The number of thioether (sulfide) groups is 1. The molecule has 12 bridgehead atoms. The van der Waals surface area contributed by atoms with Crippen molar-refractivity contribution in [2.75, 3.05) is 39.6 Å². The van der Waals surface area contributed by atoms with Crippen LogP contribution in [-0.4, -0.2) is 120 Å². The van der Waals surface area contributed by atoms with Crippen LogP contribution in [0.1, 0.15) is 51.4 Å². The molecule has 0 radical (unpaired) electrons. The van der Waals surface area contributed by atoms with E-state index in [1.165, 1.54) is 12.8 Å². The summed E-state index contributed by atoms with van der Waals surface area (Å²) in [4.78, 5) is 36.4. The van der Waals surface area contributed by atoms with Crippen molar-refractivity contribution in [1.82, 2.24) is 0 Å². The average molecular weight is 811 g/mol. The lowest BCUT2D eigenvalue weighted by Crippen LogP contribution is -2.41. The van der Waals surface area contributed by atoms with Crippen LogP contribution in [0.5, 0.6) is 0 Å². The Bertz CT molecular complexity index is 1450. The van der Waals surface area contributed by atoms with Crippen molar-refractivity contribution in [3.63, 3.8) is 0 Å². The number of hydrogen-bond acceptors (Lipinski definition) is 13. The van der Waals surface area contributed by atoms with Gasteiger partial charge in [0.1, 0.15) is 0 Å². The fourth-order valence-electron chi connectivity index (χ4n) is 14.0. The molecule has 12 aliphatic rings. The quantitative estimate of drug-likeness (QED) is 0.114. The van der Waals surface area contributed by atoms with Crippen LogP contribution < -0.4 is 0 Å². The Morgan fingerprint density at radius 1 is 0.509 bits per heavy atom. The minimum absolute atomic E-state index is 0.00356. The lowest BCUT2D eigenvalue weighted by molar-refractivity contribution is -0.152. The average Bonchev–Trinajstić information content (AvgIpc) is 4.07. The van der Waals surface area contributed by atoms with Gasteiger partial charge in [-0.3, -0.25) is 14.4 Å². The summed E-state index contributed by atoms with van der Waals surface area (Å²) >= 11 is 2.11. The maximum Gasteiger partial charge on any atom is 0.311 e. The number of aliphatic hydroxyl groups excluding tert-OH is 3. The normalized spacial score (nSPS) is 48.8. The van der Waals surface area contributed by atoms with Gasteiger partial charge in [-0.05, 0) is 79.4 Å². The predicted octanol–water partition coefficient (Wildman–Crippen LogP) is 3.26. The number of ether oxygens (including phenoxy) is 6. The van der Waals surface area contributed by atoms with Crippen molar-refractivity contribution in [1.29, 1.82) is 0 Å². The van der Waals surface area contributed by atoms with Gasteiger partial charge in [0.25, 0.3) is 0 Å². The number of rotatable bonds is 12. The Balaban J connectivity index is 0.000000104. The number of esters is 3. The maximum atomic E-state index is 12.2. The van der Waals surface area contributed by atoms with Gasteiger partial charge in [0, 0.05) is 61.4 Å². The molecule has 13 heteroatoms. The van der Waals surface area contributed by atoms with Gasteiger partial charge in [-0.15, -0.1) is 11.8 Å². The molecule has 312 valence electrons. The van der Waals surface area contributed by atoms with Crippen molar-refractivity contribution >= 4 is 29.7 Å². The molecule has 0 aromatic carbocycles. The minimum Gasteiger partial charge on any atom is -0.465 e. The summed E-state index contributed by atoms with van der Waals surface area (Å²) in [7, 11) is 0. The number of carbonyl (C=O) groups excluding carboxylic acids is 3. The molecule has 21 unspecified atom stereocenters. The summed E-state index contributed by atoms with van der Waals surface area (Å²) in [6.45, 7) is 1.24. The zero-order valence-electron chi connectivity index (χ0n) is 32.4. The Kier molecular flexibility index (Phi) is 10.9. The van der Waals surface area contributed by atoms with E-state index in [4.69, 9.17) is 43.7 Å². The van der Waals surface area contributed by atoms with Crippen LogP contribution in [0.4, 0.5) is 0 Å². The fourth-order valence-corrected chi connectivity index (χ4v) is 15.9. The topological polar surface area (TPSA) is 167 Å². The van der Waals surface area contributed by atoms with Crippen LogP contribution in [-0.2, 0) is 42.8 Å². The highest BCUT2D eigenvalue weighted by Crippen LogP contribution is 2.67. The van der Waals surface area contributed by atoms with E-state index in [9.17, 15) is 14.4 Å². The van der Waals surface area contributed by atoms with E-state index in [1.54, 1.807) is 0 Å². The van der Waals surface area contributed by atoms with Crippen LogP contribution in [0.2, 0.25) is 0 Å². The molecule has 0 spiro atoms. The Labute approximate surface area is 338 Å². The van der Waals surface area contributed by atoms with Gasteiger partial charge >= 0.3 is 17.9 Å². The van der Waals surface area contributed by atoms with Crippen molar-refractivity contribution in [3.05, 3.63) is 36.5 Å². The van der Waals surface area contributed by atoms with Gasteiger partial charge in [0.05, 0.1) is 74.2 Å². The minimum atomic E-state index is -0.175. The van der Waals surface area contributed by atoms with E-state index >= 15 is 0 Å². The maximum absolute atomic E-state index is 12.2. The zero-order chi connectivity index (χ0) is 38.9. The second-order valence-electron chi connectivity index (χ2n) is 18.5. The lowest BCUT2D eigenvalue weighted by atomic mass is 9.69. The third kappa shape index (κ3) is 6.59. The Morgan fingerprint density at radius 3 is 1.56 bits per heavy atom. The molecule has 4 saturated carbocycles. The van der Waals surface area contributed by atoms with Crippen molar-refractivity contribution in [3.8, 4) is 0 Å². The van der Waals surface area contributed by atoms with E-state index in [-0.39, 0.29) is 86.0 Å². The van der Waals surface area contributed by atoms with Crippen LogP contribution in [0.3, 0.4) is 0 Å². The summed E-state index contributed by atoms with van der Waals surface area (Å²) in [6.07, 6.45) is 21.1. The number of hydrogen-bond donors (Lipinski definition) is 3. The summed E-state index contributed by atoms with van der Waals surface area (Å²) in [5, 5.41) is 27.6. The molecule has 3 N–H and O–H groups in total. The molecule has 9 fully saturated rings. The monoisotopic (exact) mass is 810 g/mol. The number of aliphatic hydroxyl groups is 3. The summed E-state index contributed by atoms with van der Waals surface area (Å²) in [5.41, 5.74) is 0. The van der Waals surface area contributed by atoms with Crippen molar-refractivity contribution < 1.29 is 58.1 Å². The predicted molar refractivity (Wildman–Crippen MR) is 205 cm³/mol. The third-order valence-corrected chi connectivity index (χ3v) is 17.5. The van der Waals surface area contributed by atoms with Gasteiger partial charge in [-0.25, -0.2) is 0 Å².